The maximum absolute atomic E-state index is 13.8. The molecule has 0 spiro atoms. The van der Waals surface area contributed by atoms with Gasteiger partial charge in [-0.1, -0.05) is 48.0 Å². The summed E-state index contributed by atoms with van der Waals surface area (Å²) in [6.07, 6.45) is 0.982. The van der Waals surface area contributed by atoms with Crippen LogP contribution in [0.25, 0.3) is 11.0 Å². The molecule has 34 heavy (non-hydrogen) atoms. The smallest absolute Gasteiger partial charge is 0.290 e. The fourth-order valence-electron chi connectivity index (χ4n) is 5.33. The first-order valence-corrected chi connectivity index (χ1v) is 11.8. The van der Waals surface area contributed by atoms with Crippen LogP contribution >= 0.6 is 11.6 Å². The van der Waals surface area contributed by atoms with E-state index in [2.05, 4.69) is 0 Å². The van der Waals surface area contributed by atoms with Crippen molar-refractivity contribution >= 4 is 28.5 Å². The number of halogens is 1. The van der Waals surface area contributed by atoms with Crippen molar-refractivity contribution in [3.05, 3.63) is 99.1 Å². The maximum Gasteiger partial charge on any atom is 0.290 e. The Balaban J connectivity index is 1.32. The zero-order valence-corrected chi connectivity index (χ0v) is 19.2. The number of carbonyl (C=O) groups is 1. The number of nitrogens with zero attached hydrogens (tertiary/aromatic N) is 2. The monoisotopic (exact) mass is 474 g/mol. The highest BCUT2D eigenvalue weighted by molar-refractivity contribution is 6.32. The minimum absolute atomic E-state index is 0.0308. The fraction of sp³-hybridized carbons (Fsp3) is 0.259. The van der Waals surface area contributed by atoms with E-state index in [0.717, 1.165) is 17.5 Å². The summed E-state index contributed by atoms with van der Waals surface area (Å²) in [5.74, 6) is 1.09. The lowest BCUT2D eigenvalue weighted by molar-refractivity contribution is 0.0562. The number of pyridine rings is 1. The molecule has 6 rings (SSSR count). The number of hydrogen-bond acceptors (Lipinski definition) is 4. The molecule has 4 heterocycles. The highest BCUT2D eigenvalue weighted by Crippen LogP contribution is 2.37. The number of rotatable bonds is 4. The van der Waals surface area contributed by atoms with Crippen molar-refractivity contribution in [3.63, 3.8) is 0 Å². The Morgan fingerprint density at radius 2 is 1.82 bits per heavy atom. The fourth-order valence-corrected chi connectivity index (χ4v) is 5.52. The summed E-state index contributed by atoms with van der Waals surface area (Å²) in [7, 11) is 0. The summed E-state index contributed by atoms with van der Waals surface area (Å²) >= 11 is 6.27. The van der Waals surface area contributed by atoms with Gasteiger partial charge in [-0.2, -0.15) is 0 Å². The van der Waals surface area contributed by atoms with E-state index < -0.39 is 0 Å². The van der Waals surface area contributed by atoms with Crippen molar-refractivity contribution in [2.75, 3.05) is 13.1 Å². The van der Waals surface area contributed by atoms with Crippen molar-refractivity contribution in [1.82, 2.24) is 9.47 Å². The average molecular weight is 475 g/mol. The molecule has 172 valence electrons. The Morgan fingerprint density at radius 3 is 2.71 bits per heavy atom. The number of fused-ring (bicyclic) bond motifs is 5. The molecule has 1 amide bonds. The van der Waals surface area contributed by atoms with Crippen LogP contribution in [0.1, 0.15) is 34.2 Å². The number of carbonyl (C=O) groups excluding carboxylic acids is 1. The van der Waals surface area contributed by atoms with Crippen LogP contribution < -0.4 is 10.3 Å². The Morgan fingerprint density at radius 1 is 1.00 bits per heavy atom. The Labute approximate surface area is 201 Å². The van der Waals surface area contributed by atoms with E-state index in [0.29, 0.717) is 47.3 Å². The largest absolute Gasteiger partial charge is 0.487 e. The van der Waals surface area contributed by atoms with Gasteiger partial charge >= 0.3 is 0 Å². The number of furan rings is 1. The van der Waals surface area contributed by atoms with Crippen molar-refractivity contribution in [2.45, 2.75) is 25.5 Å². The maximum atomic E-state index is 13.8. The average Bonchev–Trinajstić information content (AvgIpc) is 3.22. The van der Waals surface area contributed by atoms with Crippen LogP contribution in [0.3, 0.4) is 0 Å². The zero-order valence-electron chi connectivity index (χ0n) is 18.4. The summed E-state index contributed by atoms with van der Waals surface area (Å²) in [6.45, 7) is 1.96. The second-order valence-corrected chi connectivity index (χ2v) is 9.44. The van der Waals surface area contributed by atoms with Crippen LogP contribution in [0.2, 0.25) is 5.02 Å². The van der Waals surface area contributed by atoms with Crippen LogP contribution in [0.15, 0.2) is 75.9 Å². The third-order valence-electron chi connectivity index (χ3n) is 6.87. The summed E-state index contributed by atoms with van der Waals surface area (Å²) in [6, 6.07) is 20.3. The molecule has 6 nitrogen and oxygen atoms in total. The van der Waals surface area contributed by atoms with Crippen molar-refractivity contribution < 1.29 is 13.9 Å². The van der Waals surface area contributed by atoms with Gasteiger partial charge in [0.2, 0.25) is 0 Å². The van der Waals surface area contributed by atoms with Crippen molar-refractivity contribution in [2.24, 2.45) is 5.92 Å². The highest BCUT2D eigenvalue weighted by Gasteiger charge is 2.38. The summed E-state index contributed by atoms with van der Waals surface area (Å²) in [5.41, 5.74) is 2.40. The van der Waals surface area contributed by atoms with Gasteiger partial charge in [-0.15, -0.1) is 0 Å². The SMILES string of the molecule is O=C(c1oc2ccccc2c1COc1ccccc1Cl)N1CC2CC(C1)c1cccc(=O)n1C2. The number of hydrogen-bond donors (Lipinski definition) is 0. The Bertz CT molecular complexity index is 1460. The Kier molecular flexibility index (Phi) is 5.18. The van der Waals surface area contributed by atoms with Gasteiger partial charge in [0.1, 0.15) is 17.9 Å². The van der Waals surface area contributed by atoms with E-state index in [1.165, 1.54) is 0 Å². The second kappa shape index (κ2) is 8.37. The molecule has 2 aliphatic heterocycles. The molecule has 0 N–H and O–H groups in total. The number of ether oxygens (including phenoxy) is 1. The van der Waals surface area contributed by atoms with Gasteiger partial charge in [0, 0.05) is 48.3 Å². The molecule has 2 unspecified atom stereocenters. The van der Waals surface area contributed by atoms with Gasteiger partial charge in [-0.25, -0.2) is 0 Å². The molecular formula is C27H23ClN2O4. The molecule has 2 atom stereocenters. The van der Waals surface area contributed by atoms with Crippen LogP contribution in [-0.2, 0) is 13.2 Å². The molecule has 0 radical (unpaired) electrons. The first-order chi connectivity index (χ1) is 16.6. The molecule has 4 aromatic rings. The van der Waals surface area contributed by atoms with Crippen LogP contribution in [0, 0.1) is 5.92 Å². The van der Waals surface area contributed by atoms with Gasteiger partial charge in [0.15, 0.2) is 5.76 Å². The van der Waals surface area contributed by atoms with E-state index in [4.69, 9.17) is 20.8 Å². The molecule has 1 saturated heterocycles. The predicted molar refractivity (Wildman–Crippen MR) is 129 cm³/mol. The van der Waals surface area contributed by atoms with Gasteiger partial charge in [-0.3, -0.25) is 9.59 Å². The molecule has 2 bridgehead atoms. The van der Waals surface area contributed by atoms with E-state index in [-0.39, 0.29) is 29.9 Å². The molecule has 2 aromatic heterocycles. The lowest BCUT2D eigenvalue weighted by Crippen LogP contribution is -2.49. The molecule has 2 aliphatic rings. The van der Waals surface area contributed by atoms with Crippen LogP contribution in [0.5, 0.6) is 5.75 Å². The third kappa shape index (κ3) is 3.59. The third-order valence-corrected chi connectivity index (χ3v) is 7.18. The summed E-state index contributed by atoms with van der Waals surface area (Å²) < 4.78 is 14.0. The van der Waals surface area contributed by atoms with Crippen LogP contribution in [-0.4, -0.2) is 28.5 Å². The minimum Gasteiger partial charge on any atom is -0.487 e. The zero-order chi connectivity index (χ0) is 23.2. The second-order valence-electron chi connectivity index (χ2n) is 9.03. The normalized spacial score (nSPS) is 19.1. The first kappa shape index (κ1) is 21.1. The van der Waals surface area contributed by atoms with E-state index in [1.54, 1.807) is 24.3 Å². The number of amides is 1. The first-order valence-electron chi connectivity index (χ1n) is 11.4. The quantitative estimate of drug-likeness (QED) is 0.413. The van der Waals surface area contributed by atoms with Crippen molar-refractivity contribution in [1.29, 1.82) is 0 Å². The topological polar surface area (TPSA) is 64.7 Å². The summed E-state index contributed by atoms with van der Waals surface area (Å²) in [5, 5.41) is 1.37. The Hall–Kier alpha value is -3.51. The molecule has 0 saturated carbocycles. The summed E-state index contributed by atoms with van der Waals surface area (Å²) in [4.78, 5) is 28.0. The van der Waals surface area contributed by atoms with E-state index in [9.17, 15) is 9.59 Å². The molecule has 2 aromatic carbocycles. The van der Waals surface area contributed by atoms with E-state index in [1.807, 2.05) is 51.9 Å². The number of aromatic nitrogens is 1. The molecule has 0 aliphatic carbocycles. The number of benzene rings is 2. The lowest BCUT2D eigenvalue weighted by Gasteiger charge is -2.42. The van der Waals surface area contributed by atoms with Crippen LogP contribution in [0.4, 0.5) is 0 Å². The standard InChI is InChI=1S/C27H23ClN2O4/c28-21-7-2-4-10-24(21)33-16-20-19-6-1-3-9-23(19)34-26(20)27(32)29-13-17-12-18(15-29)22-8-5-11-25(31)30(22)14-17/h1-11,17-18H,12-16H2. The van der Waals surface area contributed by atoms with Gasteiger partial charge < -0.3 is 18.6 Å². The van der Waals surface area contributed by atoms with Gasteiger partial charge in [0.05, 0.1) is 5.02 Å². The van der Waals surface area contributed by atoms with E-state index >= 15 is 0 Å². The lowest BCUT2D eigenvalue weighted by atomic mass is 9.83. The van der Waals surface area contributed by atoms with Gasteiger partial charge in [0.25, 0.3) is 11.5 Å². The minimum atomic E-state index is -0.143. The highest BCUT2D eigenvalue weighted by atomic mass is 35.5. The predicted octanol–water partition coefficient (Wildman–Crippen LogP) is 5.09. The number of piperidine rings is 1. The van der Waals surface area contributed by atoms with Crippen molar-refractivity contribution in [3.8, 4) is 5.75 Å². The number of para-hydroxylation sites is 2. The molecule has 1 fully saturated rings. The molecule has 7 heteroatoms. The molecular weight excluding hydrogens is 452 g/mol. The van der Waals surface area contributed by atoms with Gasteiger partial charge in [-0.05, 0) is 36.6 Å². The number of likely N-dealkylation sites (tertiary alicyclic amines) is 1.